The van der Waals surface area contributed by atoms with E-state index in [0.717, 1.165) is 21.0 Å². The van der Waals surface area contributed by atoms with E-state index in [4.69, 9.17) is 4.74 Å². The largest absolute Gasteiger partial charge is 0.487 e. The van der Waals surface area contributed by atoms with Crippen molar-refractivity contribution in [1.29, 1.82) is 0 Å². The first-order chi connectivity index (χ1) is 8.69. The molecule has 0 saturated heterocycles. The number of hydrogen-bond donors (Lipinski definition) is 1. The van der Waals surface area contributed by atoms with Gasteiger partial charge in [0.15, 0.2) is 5.13 Å². The lowest BCUT2D eigenvalue weighted by Crippen LogP contribution is -1.94. The van der Waals surface area contributed by atoms with E-state index in [0.29, 0.717) is 12.4 Å². The molecule has 2 rings (SSSR count). The minimum atomic E-state index is -0.314. The number of nitrogens with one attached hydrogen (secondary N) is 1. The number of anilines is 1. The Morgan fingerprint density at radius 3 is 3.11 bits per heavy atom. The van der Waals surface area contributed by atoms with E-state index >= 15 is 0 Å². The van der Waals surface area contributed by atoms with Crippen LogP contribution in [0.1, 0.15) is 11.8 Å². The highest BCUT2D eigenvalue weighted by atomic mass is 79.9. The molecule has 0 amide bonds. The van der Waals surface area contributed by atoms with Gasteiger partial charge < -0.3 is 10.1 Å². The van der Waals surface area contributed by atoms with Crippen molar-refractivity contribution in [2.75, 3.05) is 11.9 Å². The summed E-state index contributed by atoms with van der Waals surface area (Å²) in [5.41, 5.74) is 0. The van der Waals surface area contributed by atoms with Crippen molar-refractivity contribution >= 4 is 32.4 Å². The Hall–Kier alpha value is -1.14. The van der Waals surface area contributed by atoms with Gasteiger partial charge in [-0.25, -0.2) is 9.37 Å². The summed E-state index contributed by atoms with van der Waals surface area (Å²) in [5.74, 6) is 0.180. The molecule has 0 aliphatic rings. The van der Waals surface area contributed by atoms with Crippen LogP contribution in [0.3, 0.4) is 0 Å². The number of aromatic nitrogens is 1. The lowest BCUT2D eigenvalue weighted by atomic mass is 10.3. The van der Waals surface area contributed by atoms with Crippen LogP contribution >= 0.6 is 27.3 Å². The van der Waals surface area contributed by atoms with Crippen molar-refractivity contribution < 1.29 is 9.13 Å². The SMILES string of the molecule is CCNc1ncc(COc2cc(F)ccc2Br)s1. The summed E-state index contributed by atoms with van der Waals surface area (Å²) in [7, 11) is 0. The van der Waals surface area contributed by atoms with E-state index in [-0.39, 0.29) is 5.82 Å². The van der Waals surface area contributed by atoms with E-state index in [9.17, 15) is 4.39 Å². The predicted octanol–water partition coefficient (Wildman–Crippen LogP) is 4.06. The molecular formula is C12H12BrFN2OS. The first-order valence-corrected chi connectivity index (χ1v) is 7.06. The average molecular weight is 331 g/mol. The quantitative estimate of drug-likeness (QED) is 0.897. The lowest BCUT2D eigenvalue weighted by molar-refractivity contribution is 0.306. The molecule has 0 radical (unpaired) electrons. The predicted molar refractivity (Wildman–Crippen MR) is 74.7 cm³/mol. The molecule has 0 saturated carbocycles. The molecule has 96 valence electrons. The summed E-state index contributed by atoms with van der Waals surface area (Å²) in [5, 5.41) is 4.00. The fourth-order valence-corrected chi connectivity index (χ4v) is 2.50. The molecule has 6 heteroatoms. The topological polar surface area (TPSA) is 34.2 Å². The molecule has 1 N–H and O–H groups in total. The third kappa shape index (κ3) is 3.43. The van der Waals surface area contributed by atoms with Crippen LogP contribution in [-0.4, -0.2) is 11.5 Å². The summed E-state index contributed by atoms with van der Waals surface area (Å²) in [6, 6.07) is 4.37. The highest BCUT2D eigenvalue weighted by Gasteiger charge is 2.05. The van der Waals surface area contributed by atoms with Gasteiger partial charge in [-0.3, -0.25) is 0 Å². The van der Waals surface area contributed by atoms with Gasteiger partial charge in [-0.1, -0.05) is 11.3 Å². The van der Waals surface area contributed by atoms with Gasteiger partial charge in [0.25, 0.3) is 0 Å². The maximum atomic E-state index is 13.1. The number of benzene rings is 1. The molecule has 0 atom stereocenters. The molecule has 1 aromatic carbocycles. The summed E-state index contributed by atoms with van der Waals surface area (Å²) in [6.07, 6.45) is 1.76. The molecule has 0 aliphatic carbocycles. The number of rotatable bonds is 5. The van der Waals surface area contributed by atoms with Crippen molar-refractivity contribution in [3.8, 4) is 5.75 Å². The van der Waals surface area contributed by atoms with Crippen LogP contribution in [0.25, 0.3) is 0 Å². The summed E-state index contributed by atoms with van der Waals surface area (Å²) in [6.45, 7) is 3.23. The standard InChI is InChI=1S/C12H12BrFN2OS/c1-2-15-12-16-6-9(18-12)7-17-11-5-8(14)3-4-10(11)13/h3-6H,2,7H2,1H3,(H,15,16). The fraction of sp³-hybridized carbons (Fsp3) is 0.250. The smallest absolute Gasteiger partial charge is 0.182 e. The third-order valence-corrected chi connectivity index (χ3v) is 3.73. The zero-order valence-corrected chi connectivity index (χ0v) is 12.1. The minimum absolute atomic E-state index is 0.314. The first-order valence-electron chi connectivity index (χ1n) is 5.45. The Morgan fingerprint density at radius 1 is 1.50 bits per heavy atom. The van der Waals surface area contributed by atoms with Gasteiger partial charge in [0, 0.05) is 18.8 Å². The zero-order valence-electron chi connectivity index (χ0n) is 9.74. The maximum Gasteiger partial charge on any atom is 0.182 e. The van der Waals surface area contributed by atoms with E-state index < -0.39 is 0 Å². The summed E-state index contributed by atoms with van der Waals surface area (Å²) in [4.78, 5) is 5.19. The zero-order chi connectivity index (χ0) is 13.0. The van der Waals surface area contributed by atoms with Crippen molar-refractivity contribution in [2.45, 2.75) is 13.5 Å². The van der Waals surface area contributed by atoms with E-state index in [1.807, 2.05) is 6.92 Å². The van der Waals surface area contributed by atoms with Crippen LogP contribution in [0.5, 0.6) is 5.75 Å². The van der Waals surface area contributed by atoms with Gasteiger partial charge >= 0.3 is 0 Å². The number of nitrogens with zero attached hydrogens (tertiary/aromatic N) is 1. The van der Waals surface area contributed by atoms with Gasteiger partial charge in [0.05, 0.1) is 9.35 Å². The molecule has 1 heterocycles. The molecule has 18 heavy (non-hydrogen) atoms. The van der Waals surface area contributed by atoms with Gasteiger partial charge in [0.2, 0.25) is 0 Å². The monoisotopic (exact) mass is 330 g/mol. The number of halogens is 2. The van der Waals surface area contributed by atoms with E-state index in [2.05, 4.69) is 26.2 Å². The number of hydrogen-bond acceptors (Lipinski definition) is 4. The molecule has 2 aromatic rings. The molecular weight excluding hydrogens is 319 g/mol. The van der Waals surface area contributed by atoms with Gasteiger partial charge in [-0.05, 0) is 35.0 Å². The highest BCUT2D eigenvalue weighted by Crippen LogP contribution is 2.27. The van der Waals surface area contributed by atoms with Crippen molar-refractivity contribution in [1.82, 2.24) is 4.98 Å². The molecule has 0 fully saturated rings. The summed E-state index contributed by atoms with van der Waals surface area (Å²) < 4.78 is 19.3. The molecule has 0 aliphatic heterocycles. The van der Waals surface area contributed by atoms with Crippen molar-refractivity contribution in [3.05, 3.63) is 39.6 Å². The average Bonchev–Trinajstić information content (AvgIpc) is 2.79. The van der Waals surface area contributed by atoms with Crippen LogP contribution in [0, 0.1) is 5.82 Å². The molecule has 1 aromatic heterocycles. The van der Waals surface area contributed by atoms with Crippen LogP contribution in [-0.2, 0) is 6.61 Å². The normalized spacial score (nSPS) is 10.4. The Labute approximate surface area is 117 Å². The van der Waals surface area contributed by atoms with E-state index in [1.54, 1.807) is 12.3 Å². The summed E-state index contributed by atoms with van der Waals surface area (Å²) >= 11 is 4.85. The lowest BCUT2D eigenvalue weighted by Gasteiger charge is -2.06. The van der Waals surface area contributed by atoms with Crippen LogP contribution < -0.4 is 10.1 Å². The second kappa shape index (κ2) is 6.15. The fourth-order valence-electron chi connectivity index (χ4n) is 1.34. The molecule has 0 bridgehead atoms. The van der Waals surface area contributed by atoms with Crippen LogP contribution in [0.2, 0.25) is 0 Å². The second-order valence-electron chi connectivity index (χ2n) is 3.53. The van der Waals surface area contributed by atoms with Crippen LogP contribution in [0.4, 0.5) is 9.52 Å². The minimum Gasteiger partial charge on any atom is -0.487 e. The molecule has 0 unspecified atom stereocenters. The van der Waals surface area contributed by atoms with Gasteiger partial charge in [-0.15, -0.1) is 0 Å². The first kappa shape index (κ1) is 13.3. The Kier molecular flexibility index (Phi) is 4.54. The van der Waals surface area contributed by atoms with Crippen LogP contribution in [0.15, 0.2) is 28.9 Å². The third-order valence-electron chi connectivity index (χ3n) is 2.14. The molecule has 3 nitrogen and oxygen atoms in total. The number of ether oxygens (including phenoxy) is 1. The van der Waals surface area contributed by atoms with Crippen molar-refractivity contribution in [3.63, 3.8) is 0 Å². The Balaban J connectivity index is 1.99. The Bertz CT molecular complexity index is 533. The van der Waals surface area contributed by atoms with Gasteiger partial charge in [-0.2, -0.15) is 0 Å². The van der Waals surface area contributed by atoms with E-state index in [1.165, 1.54) is 23.5 Å². The second-order valence-corrected chi connectivity index (χ2v) is 5.50. The Morgan fingerprint density at radius 2 is 2.33 bits per heavy atom. The molecule has 0 spiro atoms. The number of thiazole rings is 1. The van der Waals surface area contributed by atoms with Gasteiger partial charge in [0.1, 0.15) is 18.2 Å². The highest BCUT2D eigenvalue weighted by molar-refractivity contribution is 9.10. The van der Waals surface area contributed by atoms with Crippen molar-refractivity contribution in [2.24, 2.45) is 0 Å². The maximum absolute atomic E-state index is 13.1.